The third kappa shape index (κ3) is 3.64. The van der Waals surface area contributed by atoms with Crippen LogP contribution in [-0.4, -0.2) is 23.6 Å². The van der Waals surface area contributed by atoms with Crippen molar-refractivity contribution >= 4 is 17.4 Å². The highest BCUT2D eigenvalue weighted by molar-refractivity contribution is 6.31. The first-order valence-electron chi connectivity index (χ1n) is 7.63. The summed E-state index contributed by atoms with van der Waals surface area (Å²) in [6.07, 6.45) is 4.35. The summed E-state index contributed by atoms with van der Waals surface area (Å²) >= 11 is 6.26. The Hall–Kier alpha value is -0.800. The first-order chi connectivity index (χ1) is 9.49. The Labute approximate surface area is 127 Å². The normalized spacial score (nSPS) is 23.4. The van der Waals surface area contributed by atoms with Gasteiger partial charge in [0.25, 0.3) is 0 Å². The van der Waals surface area contributed by atoms with E-state index >= 15 is 0 Å². The van der Waals surface area contributed by atoms with Gasteiger partial charge in [0, 0.05) is 31.4 Å². The van der Waals surface area contributed by atoms with Gasteiger partial charge in [-0.25, -0.2) is 4.98 Å². The van der Waals surface area contributed by atoms with Crippen LogP contribution in [0.15, 0.2) is 12.3 Å². The van der Waals surface area contributed by atoms with Crippen LogP contribution >= 0.6 is 11.6 Å². The molecule has 1 N–H and O–H groups in total. The Morgan fingerprint density at radius 2 is 2.20 bits per heavy atom. The van der Waals surface area contributed by atoms with Crippen LogP contribution in [0.3, 0.4) is 0 Å². The second-order valence-corrected chi connectivity index (χ2v) is 6.63. The van der Waals surface area contributed by atoms with E-state index in [2.05, 4.69) is 49.0 Å². The number of nitrogens with one attached hydrogen (secondary N) is 1. The van der Waals surface area contributed by atoms with Gasteiger partial charge in [-0.05, 0) is 37.3 Å². The summed E-state index contributed by atoms with van der Waals surface area (Å²) in [7, 11) is 0. The van der Waals surface area contributed by atoms with Gasteiger partial charge in [0.2, 0.25) is 0 Å². The maximum absolute atomic E-state index is 6.26. The van der Waals surface area contributed by atoms with Crippen molar-refractivity contribution in [2.75, 3.05) is 11.4 Å². The van der Waals surface area contributed by atoms with Crippen molar-refractivity contribution < 1.29 is 0 Å². The molecule has 2 unspecified atom stereocenters. The molecule has 1 saturated heterocycles. The van der Waals surface area contributed by atoms with Crippen molar-refractivity contribution in [3.8, 4) is 0 Å². The van der Waals surface area contributed by atoms with Crippen molar-refractivity contribution in [2.45, 2.75) is 59.2 Å². The first-order valence-corrected chi connectivity index (χ1v) is 8.01. The molecule has 0 aliphatic carbocycles. The van der Waals surface area contributed by atoms with Gasteiger partial charge in [-0.1, -0.05) is 32.4 Å². The predicted octanol–water partition coefficient (Wildman–Crippen LogP) is 3.86. The molecule has 2 rings (SSSR count). The fraction of sp³-hybridized carbons (Fsp3) is 0.688. The van der Waals surface area contributed by atoms with Crippen molar-refractivity contribution in [1.29, 1.82) is 0 Å². The average Bonchev–Trinajstić information content (AvgIpc) is 2.41. The highest BCUT2D eigenvalue weighted by atomic mass is 35.5. The molecule has 1 aromatic heterocycles. The monoisotopic (exact) mass is 295 g/mol. The maximum Gasteiger partial charge on any atom is 0.129 e. The molecule has 112 valence electrons. The summed E-state index contributed by atoms with van der Waals surface area (Å²) in [5.41, 5.74) is 1.13. The van der Waals surface area contributed by atoms with Gasteiger partial charge in [0.05, 0.1) is 5.02 Å². The van der Waals surface area contributed by atoms with E-state index in [1.807, 2.05) is 0 Å². The molecular weight excluding hydrogens is 270 g/mol. The van der Waals surface area contributed by atoms with Crippen molar-refractivity contribution in [1.82, 2.24) is 10.3 Å². The second-order valence-electron chi connectivity index (χ2n) is 6.22. The van der Waals surface area contributed by atoms with E-state index in [1.165, 1.54) is 12.8 Å². The zero-order chi connectivity index (χ0) is 14.7. The minimum Gasteiger partial charge on any atom is -0.354 e. The molecule has 0 radical (unpaired) electrons. The first kappa shape index (κ1) is 15.6. The van der Waals surface area contributed by atoms with Gasteiger partial charge in [0.1, 0.15) is 5.82 Å². The zero-order valence-electron chi connectivity index (χ0n) is 13.0. The van der Waals surface area contributed by atoms with Crippen molar-refractivity contribution in [3.05, 3.63) is 22.8 Å². The average molecular weight is 296 g/mol. The number of piperidine rings is 1. The minimum absolute atomic E-state index is 0.455. The lowest BCUT2D eigenvalue weighted by Gasteiger charge is -2.39. The van der Waals surface area contributed by atoms with Crippen molar-refractivity contribution in [2.24, 2.45) is 5.92 Å². The molecular formula is C16H26ClN3. The topological polar surface area (TPSA) is 28.2 Å². The third-order valence-electron chi connectivity index (χ3n) is 4.29. The van der Waals surface area contributed by atoms with E-state index in [1.54, 1.807) is 6.20 Å². The number of pyridine rings is 1. The van der Waals surface area contributed by atoms with Crippen molar-refractivity contribution in [3.63, 3.8) is 0 Å². The quantitative estimate of drug-likeness (QED) is 0.914. The van der Waals surface area contributed by atoms with E-state index < -0.39 is 0 Å². The molecule has 0 aromatic carbocycles. The minimum atomic E-state index is 0.455. The Morgan fingerprint density at radius 3 is 2.90 bits per heavy atom. The van der Waals surface area contributed by atoms with Gasteiger partial charge in [0.15, 0.2) is 0 Å². The number of halogens is 1. The van der Waals surface area contributed by atoms with E-state index in [0.29, 0.717) is 12.1 Å². The van der Waals surface area contributed by atoms with E-state index in [0.717, 1.165) is 35.4 Å². The van der Waals surface area contributed by atoms with Crippen LogP contribution in [0.4, 0.5) is 5.82 Å². The molecule has 1 fully saturated rings. The van der Waals surface area contributed by atoms with Crippen LogP contribution in [0.1, 0.15) is 46.1 Å². The largest absolute Gasteiger partial charge is 0.354 e. The summed E-state index contributed by atoms with van der Waals surface area (Å²) in [6.45, 7) is 10.8. The molecule has 3 nitrogen and oxygen atoms in total. The molecule has 0 bridgehead atoms. The van der Waals surface area contributed by atoms with Crippen LogP contribution in [0.25, 0.3) is 0 Å². The molecule has 1 aromatic rings. The lowest BCUT2D eigenvalue weighted by molar-refractivity contribution is 0.361. The van der Waals surface area contributed by atoms with Gasteiger partial charge >= 0.3 is 0 Å². The number of hydrogen-bond donors (Lipinski definition) is 1. The number of anilines is 1. The lowest BCUT2D eigenvalue weighted by atomic mass is 9.92. The SMILES string of the molecule is CC(C)NCc1cc(N2CCCC(C)C2C)ncc1Cl. The molecule has 20 heavy (non-hydrogen) atoms. The van der Waals surface area contributed by atoms with Gasteiger partial charge in [-0.15, -0.1) is 0 Å². The molecule has 4 heteroatoms. The summed E-state index contributed by atoms with van der Waals surface area (Å²) in [6, 6.07) is 3.15. The number of nitrogens with zero attached hydrogens (tertiary/aromatic N) is 2. The molecule has 2 heterocycles. The predicted molar refractivity (Wildman–Crippen MR) is 86.4 cm³/mol. The Bertz CT molecular complexity index is 447. The lowest BCUT2D eigenvalue weighted by Crippen LogP contribution is -2.43. The molecule has 0 saturated carbocycles. The second kappa shape index (κ2) is 6.77. The number of hydrogen-bond acceptors (Lipinski definition) is 3. The maximum atomic E-state index is 6.26. The van der Waals surface area contributed by atoms with Crippen LogP contribution < -0.4 is 10.2 Å². The van der Waals surface area contributed by atoms with Gasteiger partial charge in [-0.2, -0.15) is 0 Å². The summed E-state index contributed by atoms with van der Waals surface area (Å²) in [4.78, 5) is 6.96. The summed E-state index contributed by atoms with van der Waals surface area (Å²) < 4.78 is 0. The van der Waals surface area contributed by atoms with E-state index in [9.17, 15) is 0 Å². The molecule has 0 spiro atoms. The fourth-order valence-electron chi connectivity index (χ4n) is 2.73. The van der Waals surface area contributed by atoms with Gasteiger partial charge < -0.3 is 10.2 Å². The third-order valence-corrected chi connectivity index (χ3v) is 4.63. The highest BCUT2D eigenvalue weighted by Crippen LogP contribution is 2.29. The fourth-order valence-corrected chi connectivity index (χ4v) is 2.90. The van der Waals surface area contributed by atoms with Crippen LogP contribution in [0, 0.1) is 5.92 Å². The Morgan fingerprint density at radius 1 is 1.45 bits per heavy atom. The molecule has 0 amide bonds. The Balaban J connectivity index is 2.17. The summed E-state index contributed by atoms with van der Waals surface area (Å²) in [5, 5.41) is 4.17. The summed E-state index contributed by atoms with van der Waals surface area (Å²) in [5.74, 6) is 1.78. The van der Waals surface area contributed by atoms with Crippen LogP contribution in [0.5, 0.6) is 0 Å². The smallest absolute Gasteiger partial charge is 0.129 e. The van der Waals surface area contributed by atoms with Crippen LogP contribution in [-0.2, 0) is 6.54 Å². The molecule has 2 atom stereocenters. The standard InChI is InChI=1S/C16H26ClN3/c1-11(2)18-9-14-8-16(19-10-15(14)17)20-7-5-6-12(3)13(20)4/h8,10-13,18H,5-7,9H2,1-4H3. The van der Waals surface area contributed by atoms with E-state index in [4.69, 9.17) is 11.6 Å². The zero-order valence-corrected chi connectivity index (χ0v) is 13.7. The van der Waals surface area contributed by atoms with E-state index in [-0.39, 0.29) is 0 Å². The van der Waals surface area contributed by atoms with Crippen LogP contribution in [0.2, 0.25) is 5.02 Å². The van der Waals surface area contributed by atoms with Gasteiger partial charge in [-0.3, -0.25) is 0 Å². The highest BCUT2D eigenvalue weighted by Gasteiger charge is 2.25. The Kier molecular flexibility index (Phi) is 5.28. The molecule has 1 aliphatic heterocycles. The molecule has 1 aliphatic rings. The number of aromatic nitrogens is 1. The number of rotatable bonds is 4.